The predicted octanol–water partition coefficient (Wildman–Crippen LogP) is 1.55. The van der Waals surface area contributed by atoms with Crippen molar-refractivity contribution in [3.63, 3.8) is 0 Å². The van der Waals surface area contributed by atoms with Crippen molar-refractivity contribution in [2.75, 3.05) is 27.2 Å². The summed E-state index contributed by atoms with van der Waals surface area (Å²) in [6.07, 6.45) is 6.13. The summed E-state index contributed by atoms with van der Waals surface area (Å²) < 4.78 is 29.5. The monoisotopic (exact) mass is 392 g/mol. The smallest absolute Gasteiger partial charge is 0.272 e. The van der Waals surface area contributed by atoms with Gasteiger partial charge in [0.1, 0.15) is 0 Å². The molecule has 0 unspecified atom stereocenters. The van der Waals surface area contributed by atoms with Crippen LogP contribution in [-0.2, 0) is 23.7 Å². The number of nitrogens with zero attached hydrogens (tertiary/aromatic N) is 6. The van der Waals surface area contributed by atoms with Crippen LogP contribution in [0.1, 0.15) is 29.9 Å². The Morgan fingerprint density at radius 1 is 1.26 bits per heavy atom. The molecule has 0 N–H and O–H groups in total. The van der Waals surface area contributed by atoms with Crippen LogP contribution in [0, 0.1) is 19.8 Å². The normalized spacial score (nSPS) is 19.0. The lowest BCUT2D eigenvalue weighted by Crippen LogP contribution is -2.45. The van der Waals surface area contributed by atoms with Gasteiger partial charge in [0.05, 0.1) is 23.3 Å². The highest BCUT2D eigenvalue weighted by Gasteiger charge is 2.30. The summed E-state index contributed by atoms with van der Waals surface area (Å²) in [4.78, 5) is 9.17. The Labute approximate surface area is 161 Å². The second-order valence-corrected chi connectivity index (χ2v) is 9.57. The molecule has 1 fully saturated rings. The van der Waals surface area contributed by atoms with Gasteiger partial charge in [0.2, 0.25) is 0 Å². The maximum absolute atomic E-state index is 12.4. The summed E-state index contributed by atoms with van der Waals surface area (Å²) in [6, 6.07) is 0. The summed E-state index contributed by atoms with van der Waals surface area (Å²) in [7, 11) is 1.71. The molecule has 148 valence electrons. The molecule has 0 amide bonds. The Hall–Kier alpha value is -1.84. The van der Waals surface area contributed by atoms with Gasteiger partial charge >= 0.3 is 0 Å². The Morgan fingerprint density at radius 3 is 2.63 bits per heavy atom. The van der Waals surface area contributed by atoms with Crippen LogP contribution in [-0.4, -0.2) is 64.0 Å². The van der Waals surface area contributed by atoms with Crippen molar-refractivity contribution in [1.29, 1.82) is 0 Å². The van der Waals surface area contributed by atoms with Crippen LogP contribution in [0.2, 0.25) is 0 Å². The molecule has 8 nitrogen and oxygen atoms in total. The molecular weight excluding hydrogens is 364 g/mol. The van der Waals surface area contributed by atoms with Crippen molar-refractivity contribution in [3.05, 3.63) is 29.5 Å². The number of hydrogen-bond donors (Lipinski definition) is 0. The van der Waals surface area contributed by atoms with E-state index in [4.69, 9.17) is 4.98 Å². The highest BCUT2D eigenvalue weighted by molar-refractivity contribution is 7.86. The van der Waals surface area contributed by atoms with Gasteiger partial charge in [0.25, 0.3) is 10.2 Å². The minimum atomic E-state index is -3.37. The molecule has 1 atom stereocenters. The second-order valence-electron chi connectivity index (χ2n) is 7.43. The van der Waals surface area contributed by atoms with Crippen LogP contribution in [0.5, 0.6) is 0 Å². The van der Waals surface area contributed by atoms with Gasteiger partial charge in [-0.3, -0.25) is 9.67 Å². The van der Waals surface area contributed by atoms with Gasteiger partial charge in [-0.05, 0) is 39.0 Å². The van der Waals surface area contributed by atoms with Crippen molar-refractivity contribution >= 4 is 10.2 Å². The summed E-state index contributed by atoms with van der Waals surface area (Å²) in [5.41, 5.74) is 4.72. The van der Waals surface area contributed by atoms with E-state index in [9.17, 15) is 8.42 Å². The van der Waals surface area contributed by atoms with Gasteiger partial charge < -0.3 is 0 Å². The third kappa shape index (κ3) is 4.04. The second kappa shape index (κ2) is 7.65. The predicted molar refractivity (Wildman–Crippen MR) is 104 cm³/mol. The molecule has 1 aliphatic heterocycles. The Kier molecular flexibility index (Phi) is 5.64. The Bertz CT molecular complexity index is 922. The topological polar surface area (TPSA) is 84.2 Å². The molecule has 27 heavy (non-hydrogen) atoms. The lowest BCUT2D eigenvalue weighted by molar-refractivity contribution is 0.253. The number of aryl methyl sites for hydroxylation is 2. The van der Waals surface area contributed by atoms with Crippen LogP contribution >= 0.6 is 0 Å². The van der Waals surface area contributed by atoms with E-state index in [1.54, 1.807) is 30.8 Å². The van der Waals surface area contributed by atoms with Crippen molar-refractivity contribution in [3.8, 4) is 11.3 Å². The van der Waals surface area contributed by atoms with E-state index in [2.05, 4.69) is 10.1 Å². The Morgan fingerprint density at radius 2 is 2.00 bits per heavy atom. The van der Waals surface area contributed by atoms with Crippen molar-refractivity contribution in [1.82, 2.24) is 28.4 Å². The highest BCUT2D eigenvalue weighted by atomic mass is 32.2. The lowest BCUT2D eigenvalue weighted by atomic mass is 9.95. The number of aromatic nitrogens is 4. The lowest BCUT2D eigenvalue weighted by Gasteiger charge is -2.33. The van der Waals surface area contributed by atoms with Crippen molar-refractivity contribution < 1.29 is 8.42 Å². The van der Waals surface area contributed by atoms with Gasteiger partial charge in [-0.2, -0.15) is 22.1 Å². The average Bonchev–Trinajstić information content (AvgIpc) is 2.87. The molecule has 1 saturated heterocycles. The molecular formula is C18H28N6O2S. The zero-order valence-corrected chi connectivity index (χ0v) is 17.5. The van der Waals surface area contributed by atoms with Gasteiger partial charge in [-0.1, -0.05) is 0 Å². The minimum Gasteiger partial charge on any atom is -0.272 e. The summed E-state index contributed by atoms with van der Waals surface area (Å²) in [6.45, 7) is 5.10. The molecule has 9 heteroatoms. The van der Waals surface area contributed by atoms with E-state index < -0.39 is 10.2 Å². The van der Waals surface area contributed by atoms with E-state index in [1.165, 1.54) is 4.31 Å². The maximum Gasteiger partial charge on any atom is 0.281 e. The molecule has 2 aromatic rings. The zero-order chi connectivity index (χ0) is 19.8. The number of rotatable bonds is 5. The van der Waals surface area contributed by atoms with E-state index >= 15 is 0 Å². The average molecular weight is 393 g/mol. The third-order valence-corrected chi connectivity index (χ3v) is 7.12. The fourth-order valence-corrected chi connectivity index (χ4v) is 4.92. The molecule has 1 aliphatic rings. The van der Waals surface area contributed by atoms with Crippen LogP contribution < -0.4 is 0 Å². The van der Waals surface area contributed by atoms with Crippen molar-refractivity contribution in [2.45, 2.75) is 33.1 Å². The first-order valence-corrected chi connectivity index (χ1v) is 10.6. The quantitative estimate of drug-likeness (QED) is 0.771. The molecule has 3 heterocycles. The molecule has 0 saturated carbocycles. The summed E-state index contributed by atoms with van der Waals surface area (Å²) >= 11 is 0. The minimum absolute atomic E-state index is 0.245. The molecule has 0 aliphatic carbocycles. The van der Waals surface area contributed by atoms with E-state index in [1.807, 2.05) is 25.6 Å². The van der Waals surface area contributed by atoms with E-state index in [-0.39, 0.29) is 5.92 Å². The first-order chi connectivity index (χ1) is 12.7. The molecule has 0 aromatic carbocycles. The van der Waals surface area contributed by atoms with Gasteiger partial charge in [-0.15, -0.1) is 0 Å². The van der Waals surface area contributed by atoms with E-state index in [0.717, 1.165) is 47.6 Å². The highest BCUT2D eigenvalue weighted by Crippen LogP contribution is 2.26. The largest absolute Gasteiger partial charge is 0.281 e. The van der Waals surface area contributed by atoms with Crippen LogP contribution in [0.4, 0.5) is 0 Å². The summed E-state index contributed by atoms with van der Waals surface area (Å²) in [5, 5.41) is 4.46. The van der Waals surface area contributed by atoms with Gasteiger partial charge in [-0.25, -0.2) is 4.98 Å². The zero-order valence-electron chi connectivity index (χ0n) is 16.7. The summed E-state index contributed by atoms with van der Waals surface area (Å²) in [5.74, 6) is 0.245. The Balaban J connectivity index is 1.79. The van der Waals surface area contributed by atoms with Gasteiger partial charge in [0.15, 0.2) is 0 Å². The molecule has 2 aromatic heterocycles. The third-order valence-electron chi connectivity index (χ3n) is 5.22. The molecule has 0 radical (unpaired) electrons. The SMILES string of the molecule is Cc1nn(C)c(C)c1-c1cncc(C[C@@H]2CCCN(S(=O)(=O)N(C)C)C2)n1. The van der Waals surface area contributed by atoms with Gasteiger partial charge in [0, 0.05) is 51.7 Å². The maximum atomic E-state index is 12.4. The van der Waals surface area contributed by atoms with Crippen LogP contribution in [0.15, 0.2) is 12.4 Å². The van der Waals surface area contributed by atoms with Crippen LogP contribution in [0.25, 0.3) is 11.3 Å². The fraction of sp³-hybridized carbons (Fsp3) is 0.611. The fourth-order valence-electron chi connectivity index (χ4n) is 3.70. The van der Waals surface area contributed by atoms with Crippen molar-refractivity contribution in [2.24, 2.45) is 13.0 Å². The standard InChI is InChI=1S/C18H28N6O2S/c1-13-18(14(2)23(5)21-13)17-11-19-10-16(20-17)9-15-7-6-8-24(12-15)27(25,26)22(3)4/h10-11,15H,6-9,12H2,1-5H3/t15-/m0/s1. The number of piperidine rings is 1. The molecule has 0 spiro atoms. The molecule has 3 rings (SSSR count). The van der Waals surface area contributed by atoms with Crippen LogP contribution in [0.3, 0.4) is 0 Å². The first kappa shape index (κ1) is 19.9. The first-order valence-electron chi connectivity index (χ1n) is 9.19. The molecule has 0 bridgehead atoms. The number of hydrogen-bond acceptors (Lipinski definition) is 5. The van der Waals surface area contributed by atoms with E-state index in [0.29, 0.717) is 13.1 Å².